The van der Waals surface area contributed by atoms with E-state index < -0.39 is 0 Å². The summed E-state index contributed by atoms with van der Waals surface area (Å²) in [5, 5.41) is 19.2. The van der Waals surface area contributed by atoms with Crippen molar-refractivity contribution in [1.29, 1.82) is 0 Å². The van der Waals surface area contributed by atoms with Crippen LogP contribution in [0.15, 0.2) is 16.8 Å². The molecule has 0 bridgehead atoms. The predicted molar refractivity (Wildman–Crippen MR) is 63.4 cm³/mol. The second kappa shape index (κ2) is 4.71. The highest BCUT2D eigenvalue weighted by atomic mass is 32.1. The lowest BCUT2D eigenvalue weighted by molar-refractivity contribution is 0.483. The van der Waals surface area contributed by atoms with Gasteiger partial charge in [-0.2, -0.15) is 11.3 Å². The van der Waals surface area contributed by atoms with E-state index in [0.29, 0.717) is 0 Å². The quantitative estimate of drug-likeness (QED) is 0.878. The van der Waals surface area contributed by atoms with Crippen LogP contribution < -0.4 is 5.32 Å². The maximum absolute atomic E-state index is 4.06. The Morgan fingerprint density at radius 1 is 1.44 bits per heavy atom. The minimum Gasteiger partial charge on any atom is -0.311 e. The lowest BCUT2D eigenvalue weighted by atomic mass is 10.2. The summed E-state index contributed by atoms with van der Waals surface area (Å²) in [5.41, 5.74) is 1.24. The molecule has 86 valence electrons. The molecule has 2 rings (SSSR count). The molecule has 0 spiro atoms. The summed E-state index contributed by atoms with van der Waals surface area (Å²) in [6.45, 7) is 4.15. The molecular formula is C10H15N5S. The zero-order valence-corrected chi connectivity index (χ0v) is 10.4. The topological polar surface area (TPSA) is 55.6 Å². The summed E-state index contributed by atoms with van der Waals surface area (Å²) in [6.07, 6.45) is 0. The van der Waals surface area contributed by atoms with Crippen molar-refractivity contribution < 1.29 is 0 Å². The summed E-state index contributed by atoms with van der Waals surface area (Å²) >= 11 is 1.69. The first-order valence-electron chi connectivity index (χ1n) is 5.21. The number of aromatic nitrogens is 4. The minimum atomic E-state index is 0.149. The van der Waals surface area contributed by atoms with Crippen molar-refractivity contribution >= 4 is 11.3 Å². The molecule has 2 aromatic rings. The third-order valence-corrected chi connectivity index (χ3v) is 3.43. The Labute approximate surface area is 98.5 Å². The van der Waals surface area contributed by atoms with Crippen LogP contribution >= 0.6 is 11.3 Å². The average molecular weight is 237 g/mol. The Morgan fingerprint density at radius 3 is 2.88 bits per heavy atom. The number of hydrogen-bond donors (Lipinski definition) is 1. The highest BCUT2D eigenvalue weighted by molar-refractivity contribution is 7.07. The van der Waals surface area contributed by atoms with E-state index >= 15 is 0 Å². The molecule has 0 saturated carbocycles. The molecule has 5 nitrogen and oxygen atoms in total. The van der Waals surface area contributed by atoms with Gasteiger partial charge in [0.05, 0.1) is 12.1 Å². The van der Waals surface area contributed by atoms with Gasteiger partial charge in [0.25, 0.3) is 0 Å². The molecule has 2 heterocycles. The number of hydrogen-bond acceptors (Lipinski definition) is 5. The summed E-state index contributed by atoms with van der Waals surface area (Å²) in [5.74, 6) is 0.862. The second-order valence-corrected chi connectivity index (χ2v) is 4.50. The van der Waals surface area contributed by atoms with E-state index in [1.807, 2.05) is 18.7 Å². The van der Waals surface area contributed by atoms with Gasteiger partial charge < -0.3 is 5.32 Å². The zero-order chi connectivity index (χ0) is 11.5. The SMILES string of the molecule is CNC(C)c1nnnn1C(C)c1ccsc1. The highest BCUT2D eigenvalue weighted by Gasteiger charge is 2.18. The predicted octanol–water partition coefficient (Wildman–Crippen LogP) is 1.62. The number of tetrazole rings is 1. The van der Waals surface area contributed by atoms with Crippen molar-refractivity contribution in [1.82, 2.24) is 25.5 Å². The molecule has 0 amide bonds. The Balaban J connectivity index is 2.30. The Hall–Kier alpha value is -1.27. The molecule has 0 saturated heterocycles. The van der Waals surface area contributed by atoms with Crippen LogP contribution in [0.3, 0.4) is 0 Å². The third kappa shape index (κ3) is 1.98. The first-order chi connectivity index (χ1) is 7.74. The van der Waals surface area contributed by atoms with Crippen LogP contribution in [0.4, 0.5) is 0 Å². The fourth-order valence-electron chi connectivity index (χ4n) is 1.54. The first kappa shape index (κ1) is 11.2. The molecule has 2 aromatic heterocycles. The molecule has 1 N–H and O–H groups in total. The Bertz CT molecular complexity index is 436. The normalized spacial score (nSPS) is 14.9. The third-order valence-electron chi connectivity index (χ3n) is 2.73. The van der Waals surface area contributed by atoms with Crippen LogP contribution in [0, 0.1) is 0 Å². The lowest BCUT2D eigenvalue weighted by Gasteiger charge is -2.15. The smallest absolute Gasteiger partial charge is 0.168 e. The molecule has 0 aliphatic heterocycles. The van der Waals surface area contributed by atoms with Gasteiger partial charge in [0, 0.05) is 0 Å². The van der Waals surface area contributed by atoms with Crippen LogP contribution in [-0.2, 0) is 0 Å². The van der Waals surface area contributed by atoms with Gasteiger partial charge in [0.1, 0.15) is 0 Å². The Kier molecular flexibility index (Phi) is 3.31. The molecule has 0 aliphatic rings. The van der Waals surface area contributed by atoms with Gasteiger partial charge >= 0.3 is 0 Å². The van der Waals surface area contributed by atoms with E-state index in [2.05, 4.69) is 44.6 Å². The van der Waals surface area contributed by atoms with E-state index in [4.69, 9.17) is 0 Å². The molecule has 0 aromatic carbocycles. The van der Waals surface area contributed by atoms with Crippen LogP contribution in [0.2, 0.25) is 0 Å². The number of nitrogens with one attached hydrogen (secondary N) is 1. The molecule has 2 atom stereocenters. The largest absolute Gasteiger partial charge is 0.311 e. The molecule has 2 unspecified atom stereocenters. The van der Waals surface area contributed by atoms with E-state index in [-0.39, 0.29) is 12.1 Å². The van der Waals surface area contributed by atoms with Crippen LogP contribution in [0.1, 0.15) is 37.3 Å². The van der Waals surface area contributed by atoms with Crippen molar-refractivity contribution in [2.24, 2.45) is 0 Å². The molecule has 0 aliphatic carbocycles. The van der Waals surface area contributed by atoms with E-state index in [9.17, 15) is 0 Å². The fraction of sp³-hybridized carbons (Fsp3) is 0.500. The number of nitrogens with zero attached hydrogens (tertiary/aromatic N) is 4. The fourth-order valence-corrected chi connectivity index (χ4v) is 2.29. The summed E-state index contributed by atoms with van der Waals surface area (Å²) < 4.78 is 1.86. The zero-order valence-electron chi connectivity index (χ0n) is 9.58. The van der Waals surface area contributed by atoms with Crippen molar-refractivity contribution in [3.8, 4) is 0 Å². The van der Waals surface area contributed by atoms with Crippen LogP contribution in [0.5, 0.6) is 0 Å². The van der Waals surface area contributed by atoms with E-state index in [0.717, 1.165) is 5.82 Å². The van der Waals surface area contributed by atoms with Gasteiger partial charge in [0.2, 0.25) is 0 Å². The van der Waals surface area contributed by atoms with Crippen molar-refractivity contribution in [2.75, 3.05) is 7.05 Å². The molecule has 0 fully saturated rings. The molecule has 0 radical (unpaired) electrons. The maximum atomic E-state index is 4.06. The van der Waals surface area contributed by atoms with Gasteiger partial charge in [-0.15, -0.1) is 5.10 Å². The number of thiophene rings is 1. The van der Waals surface area contributed by atoms with Crippen molar-refractivity contribution in [3.63, 3.8) is 0 Å². The lowest BCUT2D eigenvalue weighted by Crippen LogP contribution is -2.20. The Morgan fingerprint density at radius 2 is 2.25 bits per heavy atom. The number of rotatable bonds is 4. The standard InChI is InChI=1S/C10H15N5S/c1-7(11-3)10-12-13-14-15(10)8(2)9-4-5-16-6-9/h4-8,11H,1-3H3. The summed E-state index contributed by atoms with van der Waals surface area (Å²) in [4.78, 5) is 0. The van der Waals surface area contributed by atoms with Gasteiger partial charge in [-0.3, -0.25) is 0 Å². The summed E-state index contributed by atoms with van der Waals surface area (Å²) in [6, 6.07) is 2.42. The monoisotopic (exact) mass is 237 g/mol. The minimum absolute atomic E-state index is 0.149. The average Bonchev–Trinajstić information content (AvgIpc) is 2.97. The van der Waals surface area contributed by atoms with Gasteiger partial charge in [-0.25, -0.2) is 4.68 Å². The highest BCUT2D eigenvalue weighted by Crippen LogP contribution is 2.21. The molecule has 6 heteroatoms. The first-order valence-corrected chi connectivity index (χ1v) is 6.15. The second-order valence-electron chi connectivity index (χ2n) is 3.72. The van der Waals surface area contributed by atoms with Crippen molar-refractivity contribution in [3.05, 3.63) is 28.2 Å². The van der Waals surface area contributed by atoms with Gasteiger partial charge in [-0.1, -0.05) is 0 Å². The van der Waals surface area contributed by atoms with Crippen LogP contribution in [-0.4, -0.2) is 27.3 Å². The summed E-state index contributed by atoms with van der Waals surface area (Å²) in [7, 11) is 1.90. The van der Waals surface area contributed by atoms with E-state index in [1.165, 1.54) is 5.56 Å². The molecular weight excluding hydrogens is 222 g/mol. The maximum Gasteiger partial charge on any atom is 0.168 e. The molecule has 16 heavy (non-hydrogen) atoms. The van der Waals surface area contributed by atoms with Gasteiger partial charge in [-0.05, 0) is 53.7 Å². The van der Waals surface area contributed by atoms with E-state index in [1.54, 1.807) is 11.3 Å². The van der Waals surface area contributed by atoms with Gasteiger partial charge in [0.15, 0.2) is 5.82 Å². The van der Waals surface area contributed by atoms with Crippen molar-refractivity contribution in [2.45, 2.75) is 25.9 Å². The van der Waals surface area contributed by atoms with Crippen LogP contribution in [0.25, 0.3) is 0 Å².